The number of Topliss-reactive ketones (excluding diaryl/α,β-unsaturated/α-hetero) is 1. The number of carbonyl (C=O) groups excluding carboxylic acids is 2. The Morgan fingerprint density at radius 3 is 2.07 bits per heavy atom. The number of amides is 1. The van der Waals surface area contributed by atoms with Crippen molar-refractivity contribution in [2.45, 2.75) is 26.8 Å². The lowest BCUT2D eigenvalue weighted by Crippen LogP contribution is -2.44. The van der Waals surface area contributed by atoms with Crippen LogP contribution in [0.3, 0.4) is 0 Å². The lowest BCUT2D eigenvalue weighted by molar-refractivity contribution is -0.131. The maximum Gasteiger partial charge on any atom is 0.236 e. The van der Waals surface area contributed by atoms with E-state index in [4.69, 9.17) is 0 Å². The van der Waals surface area contributed by atoms with Crippen LogP contribution in [0.25, 0.3) is 0 Å². The summed E-state index contributed by atoms with van der Waals surface area (Å²) in [6.45, 7) is 6.34. The number of nitrogens with zero attached hydrogens (tertiary/aromatic N) is 2. The largest absolute Gasteiger partial charge is 0.348 e. The first kappa shape index (κ1) is 13.1. The van der Waals surface area contributed by atoms with Gasteiger partial charge in [-0.1, -0.05) is 6.92 Å². The quantitative estimate of drug-likeness (QED) is 0.644. The summed E-state index contributed by atoms with van der Waals surface area (Å²) in [6, 6.07) is -0.177. The first-order chi connectivity index (χ1) is 6.40. The molecule has 4 nitrogen and oxygen atoms in total. The fourth-order valence-electron chi connectivity index (χ4n) is 1.09. The van der Waals surface area contributed by atoms with Crippen molar-refractivity contribution in [2.75, 3.05) is 27.2 Å². The highest BCUT2D eigenvalue weighted by atomic mass is 16.2. The summed E-state index contributed by atoms with van der Waals surface area (Å²) in [4.78, 5) is 25.9. The van der Waals surface area contributed by atoms with Gasteiger partial charge in [0.2, 0.25) is 5.91 Å². The highest BCUT2D eigenvalue weighted by molar-refractivity contribution is 5.83. The van der Waals surface area contributed by atoms with Gasteiger partial charge >= 0.3 is 0 Å². The minimum absolute atomic E-state index is 0.0277. The minimum Gasteiger partial charge on any atom is -0.348 e. The summed E-state index contributed by atoms with van der Waals surface area (Å²) in [5, 5.41) is 0. The Kier molecular flexibility index (Phi) is 5.38. The fraction of sp³-hybridized carbons (Fsp3) is 0.800. The van der Waals surface area contributed by atoms with Crippen molar-refractivity contribution in [3.63, 3.8) is 0 Å². The van der Waals surface area contributed by atoms with Crippen molar-refractivity contribution < 1.29 is 9.59 Å². The van der Waals surface area contributed by atoms with Gasteiger partial charge in [0.15, 0.2) is 0 Å². The van der Waals surface area contributed by atoms with Crippen molar-refractivity contribution in [1.82, 2.24) is 9.80 Å². The Morgan fingerprint density at radius 2 is 1.79 bits per heavy atom. The van der Waals surface area contributed by atoms with Crippen LogP contribution in [0.15, 0.2) is 0 Å². The topological polar surface area (TPSA) is 40.6 Å². The molecule has 1 amide bonds. The summed E-state index contributed by atoms with van der Waals surface area (Å²) >= 11 is 0. The number of ketones is 1. The van der Waals surface area contributed by atoms with Gasteiger partial charge in [-0.25, -0.2) is 0 Å². The molecule has 1 atom stereocenters. The van der Waals surface area contributed by atoms with Crippen LogP contribution in [0.4, 0.5) is 0 Å². The molecule has 0 bridgehead atoms. The average Bonchev–Trinajstić information content (AvgIpc) is 2.12. The van der Waals surface area contributed by atoms with E-state index in [0.29, 0.717) is 13.1 Å². The van der Waals surface area contributed by atoms with Gasteiger partial charge in [0.05, 0.1) is 12.6 Å². The molecule has 0 spiro atoms. The maximum absolute atomic E-state index is 11.4. The molecule has 0 saturated heterocycles. The van der Waals surface area contributed by atoms with E-state index < -0.39 is 0 Å². The van der Waals surface area contributed by atoms with E-state index in [2.05, 4.69) is 0 Å². The zero-order valence-electron chi connectivity index (χ0n) is 9.70. The molecule has 0 rings (SSSR count). The zero-order chi connectivity index (χ0) is 11.3. The summed E-state index contributed by atoms with van der Waals surface area (Å²) < 4.78 is 0. The van der Waals surface area contributed by atoms with E-state index in [1.165, 1.54) is 4.90 Å². The summed E-state index contributed by atoms with van der Waals surface area (Å²) in [7, 11) is 3.43. The summed E-state index contributed by atoms with van der Waals surface area (Å²) in [5.41, 5.74) is 0. The number of rotatable bonds is 5. The van der Waals surface area contributed by atoms with E-state index in [1.807, 2.05) is 18.7 Å². The van der Waals surface area contributed by atoms with Crippen LogP contribution in [0.1, 0.15) is 20.8 Å². The fourth-order valence-corrected chi connectivity index (χ4v) is 1.09. The molecule has 4 heteroatoms. The molecule has 0 aromatic rings. The molecule has 0 aliphatic rings. The molecule has 0 fully saturated rings. The van der Waals surface area contributed by atoms with Crippen molar-refractivity contribution in [2.24, 2.45) is 0 Å². The maximum atomic E-state index is 11.4. The Balaban J connectivity index is 4.29. The second kappa shape index (κ2) is 5.75. The lowest BCUT2D eigenvalue weighted by atomic mass is 10.2. The molecule has 0 heterocycles. The third-order valence-corrected chi connectivity index (χ3v) is 2.38. The number of likely N-dealkylation sites (N-methyl/N-ethyl adjacent to an activating group) is 2. The van der Waals surface area contributed by atoms with Crippen LogP contribution in [-0.4, -0.2) is 54.7 Å². The van der Waals surface area contributed by atoms with E-state index >= 15 is 0 Å². The molecule has 0 aliphatic carbocycles. The Labute approximate surface area is 85.9 Å². The van der Waals surface area contributed by atoms with E-state index in [9.17, 15) is 9.59 Å². The molecule has 0 aliphatic heterocycles. The van der Waals surface area contributed by atoms with Crippen molar-refractivity contribution in [1.29, 1.82) is 0 Å². The van der Waals surface area contributed by atoms with Gasteiger partial charge in [0.25, 0.3) is 0 Å². The molecule has 0 radical (unpaired) electrons. The van der Waals surface area contributed by atoms with Crippen molar-refractivity contribution >= 4 is 11.7 Å². The number of hydrogen-bond acceptors (Lipinski definition) is 3. The van der Waals surface area contributed by atoms with Crippen LogP contribution in [0.2, 0.25) is 0 Å². The van der Waals surface area contributed by atoms with E-state index in [1.54, 1.807) is 21.0 Å². The van der Waals surface area contributed by atoms with Gasteiger partial charge in [0.1, 0.15) is 5.78 Å². The molecule has 0 saturated carbocycles. The zero-order valence-corrected chi connectivity index (χ0v) is 9.70. The minimum atomic E-state index is -0.177. The molecular weight excluding hydrogens is 180 g/mol. The van der Waals surface area contributed by atoms with Crippen molar-refractivity contribution in [3.05, 3.63) is 0 Å². The van der Waals surface area contributed by atoms with Crippen LogP contribution in [0.5, 0.6) is 0 Å². The normalized spacial score (nSPS) is 12.7. The van der Waals surface area contributed by atoms with Gasteiger partial charge < -0.3 is 4.90 Å². The molecule has 0 aromatic carbocycles. The molecule has 1 unspecified atom stereocenters. The van der Waals surface area contributed by atoms with E-state index in [0.717, 1.165) is 0 Å². The molecule has 82 valence electrons. The standard InChI is InChI=1S/C10H20N2O2/c1-6-12(8(2)9(3)13)7-10(14)11(4)5/h8H,6-7H2,1-5H3. The predicted molar refractivity (Wildman–Crippen MR) is 56.1 cm³/mol. The predicted octanol–water partition coefficient (Wildman–Crippen LogP) is 0.374. The van der Waals surface area contributed by atoms with Crippen LogP contribution in [0, 0.1) is 0 Å². The average molecular weight is 200 g/mol. The molecular formula is C10H20N2O2. The molecule has 14 heavy (non-hydrogen) atoms. The van der Waals surface area contributed by atoms with Crippen molar-refractivity contribution in [3.8, 4) is 0 Å². The molecule has 0 N–H and O–H groups in total. The van der Waals surface area contributed by atoms with E-state index in [-0.39, 0.29) is 17.7 Å². The molecule has 0 aromatic heterocycles. The second-order valence-corrected chi connectivity index (χ2v) is 3.64. The SMILES string of the molecule is CCN(CC(=O)N(C)C)C(C)C(C)=O. The first-order valence-electron chi connectivity index (χ1n) is 4.84. The Morgan fingerprint density at radius 1 is 1.29 bits per heavy atom. The second-order valence-electron chi connectivity index (χ2n) is 3.64. The summed E-state index contributed by atoms with van der Waals surface area (Å²) in [6.07, 6.45) is 0. The van der Waals surface area contributed by atoms with Gasteiger partial charge in [-0.15, -0.1) is 0 Å². The monoisotopic (exact) mass is 200 g/mol. The van der Waals surface area contributed by atoms with Gasteiger partial charge in [0, 0.05) is 14.1 Å². The third-order valence-electron chi connectivity index (χ3n) is 2.38. The smallest absolute Gasteiger partial charge is 0.236 e. The first-order valence-corrected chi connectivity index (χ1v) is 4.84. The lowest BCUT2D eigenvalue weighted by Gasteiger charge is -2.26. The van der Waals surface area contributed by atoms with Crippen LogP contribution in [-0.2, 0) is 9.59 Å². The number of hydrogen-bond donors (Lipinski definition) is 0. The highest BCUT2D eigenvalue weighted by Crippen LogP contribution is 2.00. The van der Waals surface area contributed by atoms with Gasteiger partial charge in [-0.3, -0.25) is 14.5 Å². The third kappa shape index (κ3) is 3.87. The van der Waals surface area contributed by atoms with Crippen LogP contribution < -0.4 is 0 Å². The Bertz CT molecular complexity index is 214. The van der Waals surface area contributed by atoms with Crippen LogP contribution >= 0.6 is 0 Å². The van der Waals surface area contributed by atoms with Gasteiger partial charge in [-0.2, -0.15) is 0 Å². The van der Waals surface area contributed by atoms with Gasteiger partial charge in [-0.05, 0) is 20.4 Å². The Hall–Kier alpha value is -0.900. The highest BCUT2D eigenvalue weighted by Gasteiger charge is 2.19. The summed E-state index contributed by atoms with van der Waals surface area (Å²) in [5.74, 6) is 0.123. The number of carbonyl (C=O) groups is 2.